The van der Waals surface area contributed by atoms with Crippen molar-refractivity contribution >= 4 is 53.3 Å². The third-order valence-electron chi connectivity index (χ3n) is 5.67. The Morgan fingerprint density at radius 1 is 0.667 bits per heavy atom. The zero-order valence-electron chi connectivity index (χ0n) is 15.8. The fraction of sp³-hybridized carbons (Fsp3) is 0. The van der Waals surface area contributed by atoms with Gasteiger partial charge in [-0.25, -0.2) is 0 Å². The monoisotopic (exact) mass is 399 g/mol. The van der Waals surface area contributed by atoms with E-state index in [0.29, 0.717) is 11.1 Å². The van der Waals surface area contributed by atoms with Crippen LogP contribution in [0.1, 0.15) is 11.1 Å². The Bertz CT molecular complexity index is 1720. The van der Waals surface area contributed by atoms with E-state index in [4.69, 9.17) is 0 Å². The summed E-state index contributed by atoms with van der Waals surface area (Å²) in [5.41, 5.74) is 4.38. The molecule has 0 bridgehead atoms. The molecule has 2 aromatic heterocycles. The fourth-order valence-corrected chi connectivity index (χ4v) is 5.54. The van der Waals surface area contributed by atoms with Gasteiger partial charge in [0.1, 0.15) is 12.1 Å². The summed E-state index contributed by atoms with van der Waals surface area (Å²) in [6, 6.07) is 31.1. The molecule has 4 heteroatoms. The van der Waals surface area contributed by atoms with Crippen LogP contribution in [0.2, 0.25) is 0 Å². The molecule has 0 atom stereocenters. The summed E-state index contributed by atoms with van der Waals surface area (Å²) in [6.45, 7) is 0. The first-order valence-corrected chi connectivity index (χ1v) is 10.4. The van der Waals surface area contributed by atoms with Gasteiger partial charge in [0.15, 0.2) is 0 Å². The molecule has 0 amide bonds. The number of nitrogens with zero attached hydrogens (tertiary/aromatic N) is 3. The van der Waals surface area contributed by atoms with E-state index >= 15 is 0 Å². The second-order valence-corrected chi connectivity index (χ2v) is 8.29. The Morgan fingerprint density at radius 2 is 1.40 bits per heavy atom. The van der Waals surface area contributed by atoms with Crippen molar-refractivity contribution in [3.63, 3.8) is 0 Å². The number of fused-ring (bicyclic) bond motifs is 6. The fourth-order valence-electron chi connectivity index (χ4n) is 4.39. The van der Waals surface area contributed by atoms with Gasteiger partial charge in [-0.15, -0.1) is 11.3 Å². The van der Waals surface area contributed by atoms with Crippen LogP contribution >= 0.6 is 11.3 Å². The van der Waals surface area contributed by atoms with Crippen molar-refractivity contribution in [2.24, 2.45) is 0 Å². The van der Waals surface area contributed by atoms with Gasteiger partial charge in [-0.05, 0) is 36.4 Å². The minimum Gasteiger partial charge on any atom is -0.308 e. The molecule has 0 saturated heterocycles. The smallest absolute Gasteiger partial charge is 0.101 e. The van der Waals surface area contributed by atoms with E-state index < -0.39 is 0 Å². The summed E-state index contributed by atoms with van der Waals surface area (Å²) in [4.78, 5) is 0. The van der Waals surface area contributed by atoms with Crippen LogP contribution in [0.15, 0.2) is 78.9 Å². The van der Waals surface area contributed by atoms with Crippen LogP contribution in [-0.2, 0) is 0 Å². The topological polar surface area (TPSA) is 52.5 Å². The van der Waals surface area contributed by atoms with Crippen LogP contribution in [0.5, 0.6) is 0 Å². The molecular weight excluding hydrogens is 386 g/mol. The number of hydrogen-bond acceptors (Lipinski definition) is 3. The quantitative estimate of drug-likeness (QED) is 0.302. The number of benzene rings is 4. The Kier molecular flexibility index (Phi) is 3.47. The van der Waals surface area contributed by atoms with Gasteiger partial charge in [-0.2, -0.15) is 10.5 Å². The molecule has 4 aromatic carbocycles. The average molecular weight is 399 g/mol. The van der Waals surface area contributed by atoms with Gasteiger partial charge in [0.2, 0.25) is 0 Å². The summed E-state index contributed by atoms with van der Waals surface area (Å²) in [6.07, 6.45) is 0. The van der Waals surface area contributed by atoms with Crippen LogP contribution in [-0.4, -0.2) is 4.57 Å². The second kappa shape index (κ2) is 6.19. The minimum atomic E-state index is 0.658. The van der Waals surface area contributed by atoms with E-state index in [1.807, 2.05) is 36.4 Å². The first-order valence-electron chi connectivity index (χ1n) is 9.58. The third kappa shape index (κ3) is 2.17. The van der Waals surface area contributed by atoms with Crippen molar-refractivity contribution in [3.05, 3.63) is 90.0 Å². The first-order chi connectivity index (χ1) is 14.8. The molecular formula is C26H13N3S. The van der Waals surface area contributed by atoms with E-state index in [1.54, 1.807) is 11.3 Å². The molecule has 0 radical (unpaired) electrons. The standard InChI is InChI=1S/C26H13N3S/c27-14-16-5-3-8-20-19-7-1-2-10-23(19)29(25(16)20)18-11-12-24-22(13-18)21-9-4-6-17(15-28)26(21)30-24/h1-13H. The van der Waals surface area contributed by atoms with E-state index in [9.17, 15) is 10.5 Å². The van der Waals surface area contributed by atoms with Crippen molar-refractivity contribution in [2.75, 3.05) is 0 Å². The molecule has 30 heavy (non-hydrogen) atoms. The highest BCUT2D eigenvalue weighted by Crippen LogP contribution is 2.39. The molecule has 2 heterocycles. The number of aromatic nitrogens is 1. The van der Waals surface area contributed by atoms with Crippen LogP contribution in [0.3, 0.4) is 0 Å². The average Bonchev–Trinajstić information content (AvgIpc) is 3.34. The van der Waals surface area contributed by atoms with Crippen LogP contribution in [0.4, 0.5) is 0 Å². The van der Waals surface area contributed by atoms with Gasteiger partial charge in [0, 0.05) is 31.9 Å². The highest BCUT2D eigenvalue weighted by molar-refractivity contribution is 7.26. The number of thiophene rings is 1. The number of hydrogen-bond donors (Lipinski definition) is 0. The molecule has 6 rings (SSSR count). The zero-order valence-corrected chi connectivity index (χ0v) is 16.6. The molecule has 0 aliphatic rings. The lowest BCUT2D eigenvalue weighted by molar-refractivity contribution is 1.18. The molecule has 3 nitrogen and oxygen atoms in total. The minimum absolute atomic E-state index is 0.658. The Hall–Kier alpha value is -4.12. The molecule has 0 aliphatic carbocycles. The summed E-state index contributed by atoms with van der Waals surface area (Å²) >= 11 is 1.65. The highest BCUT2D eigenvalue weighted by atomic mass is 32.1. The maximum absolute atomic E-state index is 9.78. The van der Waals surface area contributed by atoms with Crippen LogP contribution < -0.4 is 0 Å². The Balaban J connectivity index is 1.77. The number of para-hydroxylation sites is 2. The van der Waals surface area contributed by atoms with Gasteiger partial charge >= 0.3 is 0 Å². The number of rotatable bonds is 1. The second-order valence-electron chi connectivity index (χ2n) is 7.24. The molecule has 0 fully saturated rings. The summed E-state index contributed by atoms with van der Waals surface area (Å²) < 4.78 is 4.35. The SMILES string of the molecule is N#Cc1cccc2c1sc1ccc(-n3c4ccccc4c4cccc(C#N)c43)cc12. The van der Waals surface area contributed by atoms with Crippen molar-refractivity contribution in [1.29, 1.82) is 10.5 Å². The normalized spacial score (nSPS) is 11.3. The van der Waals surface area contributed by atoms with Gasteiger partial charge in [0.05, 0.1) is 26.9 Å². The molecule has 0 unspecified atom stereocenters. The predicted octanol–water partition coefficient (Wildman–Crippen LogP) is 6.89. The Morgan fingerprint density at radius 3 is 2.23 bits per heavy atom. The summed E-state index contributed by atoms with van der Waals surface area (Å²) in [5.74, 6) is 0. The molecule has 6 aromatic rings. The van der Waals surface area contributed by atoms with Crippen molar-refractivity contribution in [1.82, 2.24) is 4.57 Å². The van der Waals surface area contributed by atoms with Crippen molar-refractivity contribution < 1.29 is 0 Å². The molecule has 0 aliphatic heterocycles. The van der Waals surface area contributed by atoms with Gasteiger partial charge < -0.3 is 4.57 Å². The van der Waals surface area contributed by atoms with E-state index in [1.165, 1.54) is 0 Å². The van der Waals surface area contributed by atoms with Crippen LogP contribution in [0.25, 0.3) is 47.7 Å². The van der Waals surface area contributed by atoms with Crippen LogP contribution in [0, 0.1) is 22.7 Å². The van der Waals surface area contributed by atoms with E-state index in [0.717, 1.165) is 47.7 Å². The number of nitriles is 2. The maximum atomic E-state index is 9.78. The van der Waals surface area contributed by atoms with Crippen molar-refractivity contribution in [2.45, 2.75) is 0 Å². The summed E-state index contributed by atoms with van der Waals surface area (Å²) in [5, 5.41) is 23.7. The lowest BCUT2D eigenvalue weighted by Crippen LogP contribution is -1.95. The highest BCUT2D eigenvalue weighted by Gasteiger charge is 2.16. The van der Waals surface area contributed by atoms with Crippen molar-refractivity contribution in [3.8, 4) is 17.8 Å². The Labute approximate surface area is 176 Å². The zero-order chi connectivity index (χ0) is 20.2. The lowest BCUT2D eigenvalue weighted by atomic mass is 10.1. The lowest BCUT2D eigenvalue weighted by Gasteiger charge is -2.09. The largest absolute Gasteiger partial charge is 0.308 e. The van der Waals surface area contributed by atoms with Gasteiger partial charge in [-0.3, -0.25) is 0 Å². The first kappa shape index (κ1) is 16.8. The van der Waals surface area contributed by atoms with Gasteiger partial charge in [0.25, 0.3) is 0 Å². The molecule has 0 saturated carbocycles. The molecule has 138 valence electrons. The third-order valence-corrected chi connectivity index (χ3v) is 6.89. The van der Waals surface area contributed by atoms with E-state index in [-0.39, 0.29) is 0 Å². The predicted molar refractivity (Wildman–Crippen MR) is 123 cm³/mol. The molecule has 0 N–H and O–H groups in total. The molecule has 0 spiro atoms. The maximum Gasteiger partial charge on any atom is 0.101 e. The van der Waals surface area contributed by atoms with E-state index in [2.05, 4.69) is 59.2 Å². The van der Waals surface area contributed by atoms with Gasteiger partial charge in [-0.1, -0.05) is 42.5 Å². The summed E-state index contributed by atoms with van der Waals surface area (Å²) in [7, 11) is 0.